The standard InChI is InChI=1S/C29H46ClFO4/c1-4-7-8-9-10-11-12-13-14-15-16-17-18-19-23-34-27(32)29(5-2,6-3)28(33)35-26-24(30)21-20-22-25(26)31/h20-22H,4-19,23H2,1-3H3. The van der Waals surface area contributed by atoms with Crippen LogP contribution in [0.3, 0.4) is 0 Å². The Hall–Kier alpha value is -1.62. The summed E-state index contributed by atoms with van der Waals surface area (Å²) < 4.78 is 24.7. The molecule has 0 heterocycles. The Morgan fingerprint density at radius 2 is 1.26 bits per heavy atom. The molecule has 0 N–H and O–H groups in total. The number of carbonyl (C=O) groups excluding carboxylic acids is 2. The van der Waals surface area contributed by atoms with Gasteiger partial charge in [0, 0.05) is 0 Å². The Kier molecular flexibility index (Phi) is 16.7. The number of ether oxygens (including phenoxy) is 2. The van der Waals surface area contributed by atoms with Gasteiger partial charge in [-0.15, -0.1) is 0 Å². The molecule has 200 valence electrons. The summed E-state index contributed by atoms with van der Waals surface area (Å²) >= 11 is 5.96. The van der Waals surface area contributed by atoms with Gasteiger partial charge in [0.1, 0.15) is 0 Å². The quantitative estimate of drug-likeness (QED) is 0.0755. The van der Waals surface area contributed by atoms with Crippen molar-refractivity contribution in [2.75, 3.05) is 6.61 Å². The molecule has 1 aromatic carbocycles. The van der Waals surface area contributed by atoms with Crippen LogP contribution in [-0.2, 0) is 14.3 Å². The maximum absolute atomic E-state index is 14.0. The van der Waals surface area contributed by atoms with E-state index in [1.807, 2.05) is 0 Å². The van der Waals surface area contributed by atoms with E-state index in [4.69, 9.17) is 21.1 Å². The second-order valence-corrected chi connectivity index (χ2v) is 9.87. The van der Waals surface area contributed by atoms with Gasteiger partial charge in [0.25, 0.3) is 0 Å². The minimum Gasteiger partial charge on any atom is -0.465 e. The fourth-order valence-electron chi connectivity index (χ4n) is 4.28. The van der Waals surface area contributed by atoms with Crippen LogP contribution >= 0.6 is 11.6 Å². The molecule has 4 nitrogen and oxygen atoms in total. The summed E-state index contributed by atoms with van der Waals surface area (Å²) in [6.07, 6.45) is 17.9. The lowest BCUT2D eigenvalue weighted by Crippen LogP contribution is -2.42. The van der Waals surface area contributed by atoms with E-state index in [-0.39, 0.29) is 30.2 Å². The van der Waals surface area contributed by atoms with Gasteiger partial charge in [-0.2, -0.15) is 0 Å². The number of hydrogen-bond donors (Lipinski definition) is 0. The molecule has 6 heteroatoms. The van der Waals surface area contributed by atoms with Gasteiger partial charge >= 0.3 is 11.9 Å². The first-order valence-electron chi connectivity index (χ1n) is 13.8. The normalized spacial score (nSPS) is 11.5. The van der Waals surface area contributed by atoms with Crippen LogP contribution in [0.15, 0.2) is 18.2 Å². The Balaban J connectivity index is 2.25. The molecule has 0 aliphatic heterocycles. The molecular weight excluding hydrogens is 467 g/mol. The van der Waals surface area contributed by atoms with Crippen LogP contribution in [0, 0.1) is 11.2 Å². The van der Waals surface area contributed by atoms with Crippen LogP contribution in [0.2, 0.25) is 5.02 Å². The molecule has 0 saturated heterocycles. The average Bonchev–Trinajstić information content (AvgIpc) is 2.85. The summed E-state index contributed by atoms with van der Waals surface area (Å²) in [6, 6.07) is 4.01. The van der Waals surface area contributed by atoms with Crippen LogP contribution in [0.25, 0.3) is 0 Å². The van der Waals surface area contributed by atoms with Crippen molar-refractivity contribution in [3.8, 4) is 5.75 Å². The number of unbranched alkanes of at least 4 members (excludes halogenated alkanes) is 13. The lowest BCUT2D eigenvalue weighted by molar-refractivity contribution is -0.168. The molecule has 0 fully saturated rings. The molecule has 0 aliphatic carbocycles. The largest absolute Gasteiger partial charge is 0.465 e. The second-order valence-electron chi connectivity index (χ2n) is 9.46. The highest BCUT2D eigenvalue weighted by atomic mass is 35.5. The maximum atomic E-state index is 14.0. The highest BCUT2D eigenvalue weighted by Crippen LogP contribution is 2.34. The Morgan fingerprint density at radius 1 is 0.771 bits per heavy atom. The number of rotatable bonds is 20. The lowest BCUT2D eigenvalue weighted by atomic mass is 9.82. The molecule has 0 atom stereocenters. The minimum absolute atomic E-state index is 0.0183. The topological polar surface area (TPSA) is 52.6 Å². The molecule has 0 radical (unpaired) electrons. The monoisotopic (exact) mass is 512 g/mol. The molecule has 0 spiro atoms. The van der Waals surface area contributed by atoms with Gasteiger partial charge in [0.15, 0.2) is 17.0 Å². The molecule has 1 rings (SSSR count). The molecule has 0 saturated carbocycles. The zero-order valence-electron chi connectivity index (χ0n) is 22.1. The summed E-state index contributed by atoms with van der Waals surface area (Å²) in [6.45, 7) is 5.97. The zero-order valence-corrected chi connectivity index (χ0v) is 22.9. The number of halogens is 2. The average molecular weight is 513 g/mol. The van der Waals surface area contributed by atoms with Gasteiger partial charge in [0.05, 0.1) is 11.6 Å². The lowest BCUT2D eigenvalue weighted by Gasteiger charge is -2.27. The number of hydrogen-bond acceptors (Lipinski definition) is 4. The third-order valence-corrected chi connectivity index (χ3v) is 7.13. The fourth-order valence-corrected chi connectivity index (χ4v) is 4.48. The van der Waals surface area contributed by atoms with Crippen molar-refractivity contribution in [1.82, 2.24) is 0 Å². The van der Waals surface area contributed by atoms with Gasteiger partial charge in [-0.1, -0.05) is 122 Å². The fraction of sp³-hybridized carbons (Fsp3) is 0.724. The summed E-state index contributed by atoms with van der Waals surface area (Å²) in [4.78, 5) is 25.7. The van der Waals surface area contributed by atoms with Gasteiger partial charge in [-0.05, 0) is 31.4 Å². The summed E-state index contributed by atoms with van der Waals surface area (Å²) in [5.74, 6) is -2.55. The van der Waals surface area contributed by atoms with E-state index in [2.05, 4.69) is 6.92 Å². The van der Waals surface area contributed by atoms with Crippen molar-refractivity contribution < 1.29 is 23.5 Å². The van der Waals surface area contributed by atoms with Crippen LogP contribution in [0.4, 0.5) is 4.39 Å². The van der Waals surface area contributed by atoms with E-state index in [9.17, 15) is 14.0 Å². The van der Waals surface area contributed by atoms with E-state index in [0.717, 1.165) is 25.3 Å². The molecule has 0 aliphatic rings. The third-order valence-electron chi connectivity index (χ3n) is 6.83. The molecular formula is C29H46ClFO4. The summed E-state index contributed by atoms with van der Waals surface area (Å²) in [5, 5.41) is -0.0183. The van der Waals surface area contributed by atoms with Crippen LogP contribution in [-0.4, -0.2) is 18.5 Å². The van der Waals surface area contributed by atoms with E-state index >= 15 is 0 Å². The number of carbonyl (C=O) groups is 2. The van der Waals surface area contributed by atoms with E-state index in [0.29, 0.717) is 0 Å². The SMILES string of the molecule is CCCCCCCCCCCCCCCCOC(=O)C(CC)(CC)C(=O)Oc1c(F)cccc1Cl. The van der Waals surface area contributed by atoms with Crippen molar-refractivity contribution in [1.29, 1.82) is 0 Å². The number of esters is 2. The van der Waals surface area contributed by atoms with Gasteiger partial charge in [0.2, 0.25) is 0 Å². The highest BCUT2D eigenvalue weighted by Gasteiger charge is 2.46. The number of benzene rings is 1. The van der Waals surface area contributed by atoms with Gasteiger partial charge in [-0.25, -0.2) is 4.39 Å². The Bertz CT molecular complexity index is 713. The smallest absolute Gasteiger partial charge is 0.329 e. The minimum atomic E-state index is -1.47. The number of para-hydroxylation sites is 1. The Labute approximate surface area is 217 Å². The summed E-state index contributed by atoms with van der Waals surface area (Å²) in [5.41, 5.74) is -1.47. The van der Waals surface area contributed by atoms with Crippen molar-refractivity contribution >= 4 is 23.5 Å². The van der Waals surface area contributed by atoms with Crippen LogP contribution in [0.1, 0.15) is 124 Å². The first-order valence-corrected chi connectivity index (χ1v) is 14.1. The van der Waals surface area contributed by atoms with E-state index in [1.165, 1.54) is 82.8 Å². The van der Waals surface area contributed by atoms with E-state index < -0.39 is 23.2 Å². The van der Waals surface area contributed by atoms with Crippen LogP contribution < -0.4 is 4.74 Å². The van der Waals surface area contributed by atoms with Crippen LogP contribution in [0.5, 0.6) is 5.75 Å². The molecule has 35 heavy (non-hydrogen) atoms. The van der Waals surface area contributed by atoms with Gasteiger partial charge < -0.3 is 9.47 Å². The predicted octanol–water partition coefficient (Wildman–Crippen LogP) is 9.22. The molecule has 0 unspecified atom stereocenters. The predicted molar refractivity (Wildman–Crippen MR) is 141 cm³/mol. The highest BCUT2D eigenvalue weighted by molar-refractivity contribution is 6.32. The summed E-state index contributed by atoms with van der Waals surface area (Å²) in [7, 11) is 0. The Morgan fingerprint density at radius 3 is 1.71 bits per heavy atom. The van der Waals surface area contributed by atoms with Crippen molar-refractivity contribution in [2.45, 2.75) is 124 Å². The second kappa shape index (κ2) is 18.6. The first kappa shape index (κ1) is 31.4. The van der Waals surface area contributed by atoms with Gasteiger partial charge in [-0.3, -0.25) is 9.59 Å². The molecule has 1 aromatic rings. The third kappa shape index (κ3) is 11.3. The van der Waals surface area contributed by atoms with Crippen molar-refractivity contribution in [3.63, 3.8) is 0 Å². The zero-order chi connectivity index (χ0) is 25.9. The maximum Gasteiger partial charge on any atom is 0.329 e. The van der Waals surface area contributed by atoms with Crippen molar-refractivity contribution in [3.05, 3.63) is 29.0 Å². The van der Waals surface area contributed by atoms with Crippen molar-refractivity contribution in [2.24, 2.45) is 5.41 Å². The molecule has 0 aromatic heterocycles. The van der Waals surface area contributed by atoms with E-state index in [1.54, 1.807) is 13.8 Å². The first-order chi connectivity index (χ1) is 16.9. The molecule has 0 bridgehead atoms. The molecule has 0 amide bonds.